The summed E-state index contributed by atoms with van der Waals surface area (Å²) in [5.74, 6) is -0.434. The molecule has 0 N–H and O–H groups in total. The minimum Gasteiger partial charge on any atom is -0.387 e. The monoisotopic (exact) mass is 270 g/mol. The van der Waals surface area contributed by atoms with Crippen molar-refractivity contribution in [1.29, 1.82) is 0 Å². The van der Waals surface area contributed by atoms with Gasteiger partial charge >= 0.3 is 12.0 Å². The number of aryl methyl sites for hydroxylation is 2. The van der Waals surface area contributed by atoms with Gasteiger partial charge in [0.05, 0.1) is 5.56 Å². The Hall–Kier alpha value is -2.23. The molecular formula is C16H18N2O2. The molecule has 104 valence electrons. The van der Waals surface area contributed by atoms with Crippen molar-refractivity contribution in [2.75, 3.05) is 0 Å². The molecule has 4 nitrogen and oxygen atoms in total. The third kappa shape index (κ3) is 3.63. The maximum Gasteiger partial charge on any atom is 0.345 e. The van der Waals surface area contributed by atoms with E-state index in [-0.39, 0.29) is 6.01 Å². The molecule has 0 bridgehead atoms. The van der Waals surface area contributed by atoms with Crippen LogP contribution in [0.3, 0.4) is 0 Å². The predicted molar refractivity (Wildman–Crippen MR) is 76.8 cm³/mol. The highest BCUT2D eigenvalue weighted by molar-refractivity contribution is 5.90. The molecule has 20 heavy (non-hydrogen) atoms. The average molecular weight is 270 g/mol. The summed E-state index contributed by atoms with van der Waals surface area (Å²) in [6, 6.07) is 7.44. The lowest BCUT2D eigenvalue weighted by Crippen LogP contribution is -2.10. The van der Waals surface area contributed by atoms with E-state index in [0.717, 1.165) is 24.8 Å². The lowest BCUT2D eigenvalue weighted by Gasteiger charge is -2.04. The van der Waals surface area contributed by atoms with Gasteiger partial charge < -0.3 is 4.74 Å². The quantitative estimate of drug-likeness (QED) is 0.783. The van der Waals surface area contributed by atoms with E-state index in [4.69, 9.17) is 4.74 Å². The maximum absolute atomic E-state index is 11.9. The first-order valence-corrected chi connectivity index (χ1v) is 6.85. The highest BCUT2D eigenvalue weighted by Gasteiger charge is 2.10. The van der Waals surface area contributed by atoms with Crippen LogP contribution in [0.5, 0.6) is 6.01 Å². The van der Waals surface area contributed by atoms with Gasteiger partial charge in [0.15, 0.2) is 0 Å². The lowest BCUT2D eigenvalue weighted by atomic mass is 10.1. The van der Waals surface area contributed by atoms with Crippen LogP contribution in [0.4, 0.5) is 0 Å². The first kappa shape index (κ1) is 14.2. The zero-order valence-electron chi connectivity index (χ0n) is 11.8. The predicted octanol–water partition coefficient (Wildman–Crippen LogP) is 3.21. The molecule has 0 fully saturated rings. The van der Waals surface area contributed by atoms with Crippen LogP contribution in [-0.4, -0.2) is 15.9 Å². The van der Waals surface area contributed by atoms with Crippen molar-refractivity contribution in [2.24, 2.45) is 0 Å². The number of ether oxygens (including phenoxy) is 1. The Morgan fingerprint density at radius 3 is 2.25 bits per heavy atom. The Balaban J connectivity index is 2.02. The first-order chi connectivity index (χ1) is 9.72. The topological polar surface area (TPSA) is 52.1 Å². The molecule has 1 aromatic heterocycles. The van der Waals surface area contributed by atoms with Crippen molar-refractivity contribution < 1.29 is 9.53 Å². The summed E-state index contributed by atoms with van der Waals surface area (Å²) in [4.78, 5) is 20.0. The fraction of sp³-hybridized carbons (Fsp3) is 0.312. The molecule has 0 unspecified atom stereocenters. The molecule has 0 amide bonds. The highest BCUT2D eigenvalue weighted by Crippen LogP contribution is 2.10. The molecule has 0 atom stereocenters. The second kappa shape index (κ2) is 6.80. The third-order valence-corrected chi connectivity index (χ3v) is 3.00. The van der Waals surface area contributed by atoms with E-state index in [1.54, 1.807) is 24.5 Å². The first-order valence-electron chi connectivity index (χ1n) is 6.85. The minimum absolute atomic E-state index is 0.0921. The number of esters is 1. The molecule has 0 aliphatic carbocycles. The number of aromatic nitrogens is 2. The van der Waals surface area contributed by atoms with Gasteiger partial charge in [-0.2, -0.15) is 0 Å². The fourth-order valence-electron chi connectivity index (χ4n) is 1.83. The summed E-state index contributed by atoms with van der Waals surface area (Å²) in [6.07, 6.45) is 6.29. The van der Waals surface area contributed by atoms with Gasteiger partial charge in [0, 0.05) is 12.4 Å². The smallest absolute Gasteiger partial charge is 0.345 e. The van der Waals surface area contributed by atoms with E-state index in [9.17, 15) is 4.79 Å². The largest absolute Gasteiger partial charge is 0.387 e. The maximum atomic E-state index is 11.9. The van der Waals surface area contributed by atoms with Gasteiger partial charge in [-0.15, -0.1) is 0 Å². The molecule has 0 aliphatic rings. The van der Waals surface area contributed by atoms with E-state index in [0.29, 0.717) is 5.56 Å². The SMILES string of the molecule is CCCc1cnc(OC(=O)c2ccc(CC)cc2)nc1. The Morgan fingerprint density at radius 2 is 1.70 bits per heavy atom. The second-order valence-electron chi connectivity index (χ2n) is 4.56. The molecule has 0 saturated heterocycles. The molecule has 4 heteroatoms. The lowest BCUT2D eigenvalue weighted by molar-refractivity contribution is 0.0719. The van der Waals surface area contributed by atoms with E-state index >= 15 is 0 Å². The number of rotatable bonds is 5. The van der Waals surface area contributed by atoms with Crippen molar-refractivity contribution in [2.45, 2.75) is 33.1 Å². The number of carbonyl (C=O) groups excluding carboxylic acids is 1. The number of hydrogen-bond acceptors (Lipinski definition) is 4. The van der Waals surface area contributed by atoms with E-state index in [1.165, 1.54) is 5.56 Å². The molecule has 0 radical (unpaired) electrons. The van der Waals surface area contributed by atoms with Crippen molar-refractivity contribution in [1.82, 2.24) is 9.97 Å². The molecule has 0 spiro atoms. The summed E-state index contributed by atoms with van der Waals surface area (Å²) >= 11 is 0. The van der Waals surface area contributed by atoms with Gasteiger partial charge in [-0.1, -0.05) is 32.4 Å². The van der Waals surface area contributed by atoms with Crippen molar-refractivity contribution in [3.8, 4) is 6.01 Å². The van der Waals surface area contributed by atoms with Crippen LogP contribution in [-0.2, 0) is 12.8 Å². The highest BCUT2D eigenvalue weighted by atomic mass is 16.5. The van der Waals surface area contributed by atoms with Crippen molar-refractivity contribution in [3.05, 3.63) is 53.3 Å². The van der Waals surface area contributed by atoms with E-state index in [2.05, 4.69) is 23.8 Å². The third-order valence-electron chi connectivity index (χ3n) is 3.00. The molecule has 1 heterocycles. The number of benzene rings is 1. The van der Waals surface area contributed by atoms with Gasteiger partial charge in [0.2, 0.25) is 0 Å². The van der Waals surface area contributed by atoms with Crippen LogP contribution < -0.4 is 4.74 Å². The molecule has 0 aliphatic heterocycles. The normalized spacial score (nSPS) is 10.3. The van der Waals surface area contributed by atoms with Crippen molar-refractivity contribution in [3.63, 3.8) is 0 Å². The number of nitrogens with zero attached hydrogens (tertiary/aromatic N) is 2. The zero-order chi connectivity index (χ0) is 14.4. The van der Waals surface area contributed by atoms with Gasteiger partial charge in [-0.05, 0) is 36.1 Å². The molecule has 1 aromatic carbocycles. The van der Waals surface area contributed by atoms with Gasteiger partial charge in [-0.3, -0.25) is 0 Å². The van der Waals surface area contributed by atoms with Crippen LogP contribution in [0.2, 0.25) is 0 Å². The molecular weight excluding hydrogens is 252 g/mol. The molecule has 2 aromatic rings. The summed E-state index contributed by atoms with van der Waals surface area (Å²) in [7, 11) is 0. The van der Waals surface area contributed by atoms with Crippen LogP contribution in [0.25, 0.3) is 0 Å². The Morgan fingerprint density at radius 1 is 1.05 bits per heavy atom. The Bertz CT molecular complexity index is 562. The fourth-order valence-corrected chi connectivity index (χ4v) is 1.83. The van der Waals surface area contributed by atoms with Crippen molar-refractivity contribution >= 4 is 5.97 Å². The van der Waals surface area contributed by atoms with E-state index in [1.807, 2.05) is 12.1 Å². The molecule has 0 saturated carbocycles. The zero-order valence-corrected chi connectivity index (χ0v) is 11.8. The van der Waals surface area contributed by atoms with Crippen LogP contribution in [0.15, 0.2) is 36.7 Å². The van der Waals surface area contributed by atoms with Gasteiger partial charge in [0.25, 0.3) is 0 Å². The summed E-state index contributed by atoms with van der Waals surface area (Å²) in [5, 5.41) is 0. The number of carbonyl (C=O) groups is 1. The van der Waals surface area contributed by atoms with E-state index < -0.39 is 5.97 Å². The Labute approximate surface area is 118 Å². The summed E-state index contributed by atoms with van der Waals surface area (Å²) in [6.45, 7) is 4.16. The summed E-state index contributed by atoms with van der Waals surface area (Å²) < 4.78 is 5.15. The Kier molecular flexibility index (Phi) is 4.82. The molecule has 2 rings (SSSR count). The van der Waals surface area contributed by atoms with Crippen LogP contribution >= 0.6 is 0 Å². The number of hydrogen-bond donors (Lipinski definition) is 0. The standard InChI is InChI=1S/C16H18N2O2/c1-3-5-13-10-17-16(18-11-13)20-15(19)14-8-6-12(4-2)7-9-14/h6-11H,3-5H2,1-2H3. The second-order valence-corrected chi connectivity index (χ2v) is 4.56. The van der Waals surface area contributed by atoms with Gasteiger partial charge in [-0.25, -0.2) is 14.8 Å². The van der Waals surface area contributed by atoms with Gasteiger partial charge in [0.1, 0.15) is 0 Å². The average Bonchev–Trinajstić information content (AvgIpc) is 2.49. The minimum atomic E-state index is -0.434. The van der Waals surface area contributed by atoms with Crippen LogP contribution in [0.1, 0.15) is 41.8 Å². The summed E-state index contributed by atoms with van der Waals surface area (Å²) in [5.41, 5.74) is 2.73. The van der Waals surface area contributed by atoms with Crippen LogP contribution in [0, 0.1) is 0 Å².